The number of rotatable bonds is 13. The van der Waals surface area contributed by atoms with Crippen molar-refractivity contribution in [2.45, 2.75) is 31.7 Å². The van der Waals surface area contributed by atoms with E-state index in [0.29, 0.717) is 35.7 Å². The van der Waals surface area contributed by atoms with E-state index in [9.17, 15) is 24.3 Å². The second kappa shape index (κ2) is 15.1. The number of hydrogen-bond donors (Lipinski definition) is 5. The van der Waals surface area contributed by atoms with Gasteiger partial charge in [0, 0.05) is 23.7 Å². The van der Waals surface area contributed by atoms with Gasteiger partial charge in [-0.1, -0.05) is 66.2 Å². The average Bonchev–Trinajstić information content (AvgIpc) is 2.93. The Morgan fingerprint density at radius 3 is 2.10 bits per heavy atom. The molecular weight excluding hydrogens is 520 g/mol. The minimum atomic E-state index is -1.05. The Hall–Kier alpha value is -4.37. The highest BCUT2D eigenvalue weighted by Crippen LogP contribution is 2.23. The van der Waals surface area contributed by atoms with Gasteiger partial charge in [0.15, 0.2) is 0 Å². The summed E-state index contributed by atoms with van der Waals surface area (Å²) in [5.41, 5.74) is 3.28. The monoisotopic (exact) mass is 550 g/mol. The first-order valence-corrected chi connectivity index (χ1v) is 12.9. The molecule has 9 nitrogen and oxygen atoms in total. The molecule has 0 heterocycles. The Morgan fingerprint density at radius 2 is 1.44 bits per heavy atom. The van der Waals surface area contributed by atoms with Crippen molar-refractivity contribution in [3.05, 3.63) is 89.4 Å². The number of aliphatic carboxylic acids is 1. The third-order valence-corrected chi connectivity index (χ3v) is 6.05. The molecule has 3 aromatic rings. The van der Waals surface area contributed by atoms with Gasteiger partial charge >= 0.3 is 12.0 Å². The average molecular weight is 551 g/mol. The van der Waals surface area contributed by atoms with E-state index in [1.807, 2.05) is 42.5 Å². The molecule has 39 heavy (non-hydrogen) atoms. The van der Waals surface area contributed by atoms with Crippen LogP contribution in [0.25, 0.3) is 11.1 Å². The second-order valence-corrected chi connectivity index (χ2v) is 9.26. The molecule has 10 heteroatoms. The lowest BCUT2D eigenvalue weighted by Gasteiger charge is -2.18. The molecule has 0 fully saturated rings. The van der Waals surface area contributed by atoms with Crippen LogP contribution in [0.5, 0.6) is 0 Å². The quantitative estimate of drug-likeness (QED) is 0.196. The van der Waals surface area contributed by atoms with Crippen molar-refractivity contribution in [3.8, 4) is 11.1 Å². The van der Waals surface area contributed by atoms with Crippen LogP contribution in [0.2, 0.25) is 5.02 Å². The number of amides is 4. The van der Waals surface area contributed by atoms with Crippen molar-refractivity contribution >= 4 is 41.1 Å². The maximum absolute atomic E-state index is 12.4. The van der Waals surface area contributed by atoms with Gasteiger partial charge in [-0.25, -0.2) is 4.79 Å². The zero-order valence-electron chi connectivity index (χ0n) is 21.3. The van der Waals surface area contributed by atoms with Crippen LogP contribution >= 0.6 is 11.6 Å². The zero-order valence-corrected chi connectivity index (χ0v) is 22.0. The Balaban J connectivity index is 1.36. The molecule has 0 bridgehead atoms. The highest BCUT2D eigenvalue weighted by atomic mass is 35.5. The third kappa shape index (κ3) is 10.5. The van der Waals surface area contributed by atoms with E-state index >= 15 is 0 Å². The van der Waals surface area contributed by atoms with Crippen molar-refractivity contribution in [2.75, 3.05) is 18.4 Å². The summed E-state index contributed by atoms with van der Waals surface area (Å²) in [4.78, 5) is 47.8. The first-order chi connectivity index (χ1) is 18.8. The number of carboxylic acids is 1. The first kappa shape index (κ1) is 29.2. The highest BCUT2D eigenvalue weighted by Gasteiger charge is 2.18. The van der Waals surface area contributed by atoms with E-state index < -0.39 is 17.9 Å². The highest BCUT2D eigenvalue weighted by molar-refractivity contribution is 6.30. The molecule has 4 amide bonds. The normalized spacial score (nSPS) is 11.2. The Labute approximate surface area is 232 Å². The molecule has 3 rings (SSSR count). The molecule has 1 atom stereocenters. The van der Waals surface area contributed by atoms with Crippen molar-refractivity contribution in [1.29, 1.82) is 0 Å². The number of halogens is 1. The predicted molar refractivity (Wildman–Crippen MR) is 150 cm³/mol. The fraction of sp³-hybridized carbons (Fsp3) is 0.241. The molecular formula is C29H31ClN4O5. The molecule has 5 N–H and O–H groups in total. The number of anilines is 1. The largest absolute Gasteiger partial charge is 0.481 e. The fourth-order valence-corrected chi connectivity index (χ4v) is 3.92. The summed E-state index contributed by atoms with van der Waals surface area (Å²) in [6.45, 7) is 0.117. The number of urea groups is 1. The third-order valence-electron chi connectivity index (χ3n) is 5.80. The number of carbonyl (C=O) groups excluding carboxylic acids is 3. The van der Waals surface area contributed by atoms with Gasteiger partial charge in [0.25, 0.3) is 0 Å². The lowest BCUT2D eigenvalue weighted by Crippen LogP contribution is -2.39. The van der Waals surface area contributed by atoms with Crippen LogP contribution in [0, 0.1) is 0 Å². The van der Waals surface area contributed by atoms with Gasteiger partial charge in [0.1, 0.15) is 0 Å². The van der Waals surface area contributed by atoms with E-state index in [-0.39, 0.29) is 31.3 Å². The minimum absolute atomic E-state index is 0.188. The summed E-state index contributed by atoms with van der Waals surface area (Å²) in [7, 11) is 0. The van der Waals surface area contributed by atoms with E-state index in [4.69, 9.17) is 11.6 Å². The molecule has 1 unspecified atom stereocenters. The molecule has 0 spiro atoms. The van der Waals surface area contributed by atoms with Crippen LogP contribution in [0.1, 0.15) is 37.3 Å². The van der Waals surface area contributed by atoms with Crippen molar-refractivity contribution < 1.29 is 24.3 Å². The maximum Gasteiger partial charge on any atom is 0.319 e. The molecule has 0 saturated heterocycles. The van der Waals surface area contributed by atoms with E-state index in [1.165, 1.54) is 0 Å². The fourth-order valence-electron chi connectivity index (χ4n) is 3.80. The van der Waals surface area contributed by atoms with Crippen LogP contribution in [-0.4, -0.2) is 42.0 Å². The van der Waals surface area contributed by atoms with Crippen LogP contribution < -0.4 is 21.3 Å². The van der Waals surface area contributed by atoms with Gasteiger partial charge in [0.05, 0.1) is 19.0 Å². The Kier molecular flexibility index (Phi) is 11.3. The van der Waals surface area contributed by atoms with Crippen LogP contribution in [0.4, 0.5) is 10.5 Å². The lowest BCUT2D eigenvalue weighted by atomic mass is 9.99. The van der Waals surface area contributed by atoms with Gasteiger partial charge in [-0.3, -0.25) is 14.4 Å². The lowest BCUT2D eigenvalue weighted by molar-refractivity contribution is -0.138. The summed E-state index contributed by atoms with van der Waals surface area (Å²) >= 11 is 5.82. The van der Waals surface area contributed by atoms with Crippen molar-refractivity contribution in [1.82, 2.24) is 16.0 Å². The smallest absolute Gasteiger partial charge is 0.319 e. The summed E-state index contributed by atoms with van der Waals surface area (Å²) in [6, 6.07) is 22.7. The van der Waals surface area contributed by atoms with Crippen LogP contribution in [-0.2, 0) is 14.4 Å². The molecule has 0 radical (unpaired) electrons. The van der Waals surface area contributed by atoms with Gasteiger partial charge in [-0.05, 0) is 53.8 Å². The topological polar surface area (TPSA) is 137 Å². The summed E-state index contributed by atoms with van der Waals surface area (Å²) in [5, 5.41) is 20.5. The zero-order chi connectivity index (χ0) is 28.0. The van der Waals surface area contributed by atoms with Gasteiger partial charge in [-0.2, -0.15) is 0 Å². The maximum atomic E-state index is 12.4. The van der Waals surface area contributed by atoms with Crippen molar-refractivity contribution in [2.24, 2.45) is 0 Å². The molecule has 0 aliphatic rings. The number of benzene rings is 3. The van der Waals surface area contributed by atoms with Crippen LogP contribution in [0.15, 0.2) is 78.9 Å². The Bertz CT molecular complexity index is 1250. The molecule has 3 aromatic carbocycles. The molecule has 0 saturated carbocycles. The van der Waals surface area contributed by atoms with E-state index in [1.54, 1.807) is 36.4 Å². The second-order valence-electron chi connectivity index (χ2n) is 8.83. The number of carboxylic acid groups (broad SMARTS) is 1. The molecule has 0 aliphatic heterocycles. The van der Waals surface area contributed by atoms with Gasteiger partial charge in [-0.15, -0.1) is 0 Å². The first-order valence-electron chi connectivity index (χ1n) is 12.5. The summed E-state index contributed by atoms with van der Waals surface area (Å²) in [5.74, 6) is -1.84. The van der Waals surface area contributed by atoms with Crippen molar-refractivity contribution in [3.63, 3.8) is 0 Å². The number of hydrogen-bond acceptors (Lipinski definition) is 4. The number of unbranched alkanes of at least 4 members (excludes halogenated alkanes) is 1. The van der Waals surface area contributed by atoms with Gasteiger partial charge in [0.2, 0.25) is 11.8 Å². The Morgan fingerprint density at radius 1 is 0.769 bits per heavy atom. The molecule has 0 aliphatic carbocycles. The number of nitrogens with one attached hydrogen (secondary N) is 4. The summed E-state index contributed by atoms with van der Waals surface area (Å²) < 4.78 is 0. The summed E-state index contributed by atoms with van der Waals surface area (Å²) in [6.07, 6.45) is 0.994. The van der Waals surface area contributed by atoms with E-state index in [2.05, 4.69) is 21.3 Å². The number of carbonyl (C=O) groups is 4. The van der Waals surface area contributed by atoms with Crippen LogP contribution in [0.3, 0.4) is 0 Å². The minimum Gasteiger partial charge on any atom is -0.481 e. The van der Waals surface area contributed by atoms with E-state index in [0.717, 1.165) is 11.1 Å². The molecule has 204 valence electrons. The molecule has 0 aromatic heterocycles. The van der Waals surface area contributed by atoms with Gasteiger partial charge < -0.3 is 26.4 Å². The predicted octanol–water partition coefficient (Wildman–Crippen LogP) is 4.75. The standard InChI is InChI=1S/C29H31ClN4O5/c30-23-13-15-24(16-14-23)33-29(39)31-17-5-4-8-26(35)32-19-27(36)34-25(18-28(37)38)22-11-9-21(10-12-22)20-6-2-1-3-7-20/h1-3,6-7,9-16,25H,4-5,8,17-19H2,(H,32,35)(H,34,36)(H,37,38)(H2,31,33,39). The SMILES string of the molecule is O=C(O)CC(NC(=O)CNC(=O)CCCCNC(=O)Nc1ccc(Cl)cc1)c1ccc(-c2ccccc2)cc1.